The molecule has 0 rings (SSSR count). The highest BCUT2D eigenvalue weighted by Gasteiger charge is 2.20. The zero-order valence-corrected chi connectivity index (χ0v) is 13.7. The lowest BCUT2D eigenvalue weighted by molar-refractivity contribution is -0.138. The third-order valence-corrected chi connectivity index (χ3v) is 7.72. The number of carboxylic acids is 1. The SMILES string of the molecule is CCCCP(=S)(CCCC)CN(CC)CC(=O)O. The van der Waals surface area contributed by atoms with Crippen LogP contribution in [0.1, 0.15) is 46.5 Å². The van der Waals surface area contributed by atoms with Crippen molar-refractivity contribution in [1.29, 1.82) is 0 Å². The molecule has 0 heterocycles. The Hall–Kier alpha value is 0.0800. The lowest BCUT2D eigenvalue weighted by Crippen LogP contribution is -2.31. The van der Waals surface area contributed by atoms with E-state index >= 15 is 0 Å². The molecule has 0 aromatic rings. The fourth-order valence-corrected chi connectivity index (χ4v) is 6.55. The van der Waals surface area contributed by atoms with Crippen LogP contribution >= 0.6 is 6.04 Å². The zero-order valence-electron chi connectivity index (χ0n) is 12.0. The second-order valence-corrected chi connectivity index (χ2v) is 10.5. The number of hydrogen-bond acceptors (Lipinski definition) is 3. The molecule has 5 heteroatoms. The van der Waals surface area contributed by atoms with Crippen molar-refractivity contribution >= 4 is 23.8 Å². The van der Waals surface area contributed by atoms with Crippen LogP contribution in [0, 0.1) is 0 Å². The molecule has 0 aliphatic carbocycles. The highest BCUT2D eigenvalue weighted by molar-refractivity contribution is 8.14. The number of hydrogen-bond donors (Lipinski definition) is 1. The maximum Gasteiger partial charge on any atom is 0.317 e. The molecule has 0 aliphatic rings. The fraction of sp³-hybridized carbons (Fsp3) is 0.923. The minimum atomic E-state index is -1.39. The summed E-state index contributed by atoms with van der Waals surface area (Å²) in [5.74, 6) is -0.746. The molecule has 0 saturated carbocycles. The molecule has 0 unspecified atom stereocenters. The molecule has 0 fully saturated rings. The van der Waals surface area contributed by atoms with Crippen molar-refractivity contribution in [1.82, 2.24) is 4.90 Å². The molecule has 108 valence electrons. The van der Waals surface area contributed by atoms with E-state index in [1.54, 1.807) is 0 Å². The van der Waals surface area contributed by atoms with E-state index < -0.39 is 12.0 Å². The van der Waals surface area contributed by atoms with Gasteiger partial charge in [-0.25, -0.2) is 0 Å². The molecule has 0 amide bonds. The highest BCUT2D eigenvalue weighted by Crippen LogP contribution is 2.48. The highest BCUT2D eigenvalue weighted by atomic mass is 32.4. The van der Waals surface area contributed by atoms with Crippen molar-refractivity contribution in [3.05, 3.63) is 0 Å². The molecule has 0 aliphatic heterocycles. The van der Waals surface area contributed by atoms with Crippen LogP contribution in [0.15, 0.2) is 0 Å². The molecule has 3 nitrogen and oxygen atoms in total. The van der Waals surface area contributed by atoms with Gasteiger partial charge in [0, 0.05) is 6.29 Å². The van der Waals surface area contributed by atoms with Crippen LogP contribution in [-0.2, 0) is 16.6 Å². The first kappa shape index (κ1) is 18.1. The summed E-state index contributed by atoms with van der Waals surface area (Å²) in [5, 5.41) is 8.90. The third kappa shape index (κ3) is 8.23. The van der Waals surface area contributed by atoms with Crippen LogP contribution in [-0.4, -0.2) is 47.7 Å². The number of aliphatic carboxylic acids is 1. The Morgan fingerprint density at radius 2 is 1.67 bits per heavy atom. The maximum absolute atomic E-state index is 10.8. The average molecular weight is 293 g/mol. The van der Waals surface area contributed by atoms with Gasteiger partial charge in [0.1, 0.15) is 0 Å². The van der Waals surface area contributed by atoms with Crippen molar-refractivity contribution in [2.75, 3.05) is 31.7 Å². The van der Waals surface area contributed by atoms with Crippen molar-refractivity contribution in [2.24, 2.45) is 0 Å². The van der Waals surface area contributed by atoms with E-state index in [0.29, 0.717) is 0 Å². The second kappa shape index (κ2) is 9.94. The summed E-state index contributed by atoms with van der Waals surface area (Å²) in [6.07, 6.45) is 7.83. The van der Waals surface area contributed by atoms with Crippen molar-refractivity contribution in [2.45, 2.75) is 46.5 Å². The van der Waals surface area contributed by atoms with Crippen LogP contribution < -0.4 is 0 Å². The Morgan fingerprint density at radius 1 is 1.17 bits per heavy atom. The normalized spacial score (nSPS) is 12.0. The quantitative estimate of drug-likeness (QED) is 0.593. The third-order valence-electron chi connectivity index (χ3n) is 3.10. The number of unbranched alkanes of at least 4 members (excludes halogenated alkanes) is 2. The Labute approximate surface area is 117 Å². The summed E-state index contributed by atoms with van der Waals surface area (Å²) in [7, 11) is 0. The molecule has 0 radical (unpaired) electrons. The Kier molecular flexibility index (Phi) is 9.98. The van der Waals surface area contributed by atoms with Gasteiger partial charge in [0.2, 0.25) is 0 Å². The summed E-state index contributed by atoms with van der Waals surface area (Å²) >= 11 is 5.90. The molecular formula is C13H28NO2PS. The summed E-state index contributed by atoms with van der Waals surface area (Å²) in [5.41, 5.74) is 0. The molecule has 0 aromatic carbocycles. The largest absolute Gasteiger partial charge is 0.480 e. The Bertz CT molecular complexity index is 272. The number of likely N-dealkylation sites (N-methyl/N-ethyl adjacent to an activating group) is 1. The zero-order chi connectivity index (χ0) is 14.0. The average Bonchev–Trinajstić information content (AvgIpc) is 2.33. The van der Waals surface area contributed by atoms with Gasteiger partial charge >= 0.3 is 5.97 Å². The first-order valence-corrected chi connectivity index (χ1v) is 10.3. The maximum atomic E-state index is 10.8. The molecule has 18 heavy (non-hydrogen) atoms. The standard InChI is InChI=1S/C13H28NO2PS/c1-4-7-9-17(18,10-8-5-2)12-14(6-3)11-13(15)16/h4-12H2,1-3H3,(H,15,16). The summed E-state index contributed by atoms with van der Waals surface area (Å²) in [6.45, 7) is 7.31. The minimum Gasteiger partial charge on any atom is -0.480 e. The van der Waals surface area contributed by atoms with Crippen LogP contribution in [0.25, 0.3) is 0 Å². The molecule has 0 bridgehead atoms. The number of rotatable bonds is 11. The fourth-order valence-electron chi connectivity index (χ4n) is 1.96. The number of nitrogens with zero attached hydrogens (tertiary/aromatic N) is 1. The van der Waals surface area contributed by atoms with E-state index in [9.17, 15) is 4.79 Å². The van der Waals surface area contributed by atoms with E-state index in [1.165, 1.54) is 25.7 Å². The Morgan fingerprint density at radius 3 is 2.00 bits per heavy atom. The van der Waals surface area contributed by atoms with Crippen LogP contribution in [0.3, 0.4) is 0 Å². The molecule has 0 aromatic heterocycles. The molecular weight excluding hydrogens is 265 g/mol. The number of carboxylic acid groups (broad SMARTS) is 1. The van der Waals surface area contributed by atoms with Gasteiger partial charge in [-0.1, -0.05) is 45.4 Å². The van der Waals surface area contributed by atoms with Crippen molar-refractivity contribution in [3.63, 3.8) is 0 Å². The predicted octanol–water partition coefficient (Wildman–Crippen LogP) is 3.43. The second-order valence-electron chi connectivity index (χ2n) is 4.89. The molecule has 1 N–H and O–H groups in total. The topological polar surface area (TPSA) is 40.5 Å². The van der Waals surface area contributed by atoms with Gasteiger partial charge in [0.15, 0.2) is 0 Å². The summed E-state index contributed by atoms with van der Waals surface area (Å²) in [4.78, 5) is 12.8. The van der Waals surface area contributed by atoms with Crippen molar-refractivity contribution in [3.8, 4) is 0 Å². The molecule has 0 saturated heterocycles. The minimum absolute atomic E-state index is 0.132. The van der Waals surface area contributed by atoms with E-state index in [2.05, 4.69) is 13.8 Å². The van der Waals surface area contributed by atoms with Crippen LogP contribution in [0.4, 0.5) is 0 Å². The van der Waals surface area contributed by atoms with Gasteiger partial charge in [0.25, 0.3) is 0 Å². The smallest absolute Gasteiger partial charge is 0.317 e. The van der Waals surface area contributed by atoms with Gasteiger partial charge in [-0.3, -0.25) is 9.69 Å². The van der Waals surface area contributed by atoms with Crippen LogP contribution in [0.5, 0.6) is 0 Å². The van der Waals surface area contributed by atoms with Crippen LogP contribution in [0.2, 0.25) is 0 Å². The van der Waals surface area contributed by atoms with Gasteiger partial charge in [-0.2, -0.15) is 0 Å². The summed E-state index contributed by atoms with van der Waals surface area (Å²) in [6, 6.07) is -1.39. The van der Waals surface area contributed by atoms with Gasteiger partial charge in [-0.15, -0.1) is 0 Å². The molecule has 0 atom stereocenters. The first-order chi connectivity index (χ1) is 8.47. The van der Waals surface area contributed by atoms with E-state index in [4.69, 9.17) is 16.9 Å². The van der Waals surface area contributed by atoms with Gasteiger partial charge in [0.05, 0.1) is 6.54 Å². The number of carbonyl (C=O) groups is 1. The van der Waals surface area contributed by atoms with E-state index in [0.717, 1.165) is 25.2 Å². The molecule has 0 spiro atoms. The monoisotopic (exact) mass is 293 g/mol. The van der Waals surface area contributed by atoms with E-state index in [1.807, 2.05) is 11.8 Å². The van der Waals surface area contributed by atoms with Gasteiger partial charge in [-0.05, 0) is 37.7 Å². The summed E-state index contributed by atoms with van der Waals surface area (Å²) < 4.78 is 0. The van der Waals surface area contributed by atoms with Crippen molar-refractivity contribution < 1.29 is 9.90 Å². The predicted molar refractivity (Wildman–Crippen MR) is 83.6 cm³/mol. The van der Waals surface area contributed by atoms with Gasteiger partial charge < -0.3 is 5.11 Å². The lowest BCUT2D eigenvalue weighted by atomic mass is 10.4. The lowest BCUT2D eigenvalue weighted by Gasteiger charge is -2.28. The Balaban J connectivity index is 4.52. The first-order valence-electron chi connectivity index (χ1n) is 6.98. The van der Waals surface area contributed by atoms with E-state index in [-0.39, 0.29) is 6.54 Å².